The second-order valence-corrected chi connectivity index (χ2v) is 5.13. The minimum Gasteiger partial charge on any atom is -0.370 e. The second kappa shape index (κ2) is 6.57. The van der Waals surface area contributed by atoms with Crippen molar-refractivity contribution in [3.63, 3.8) is 0 Å². The lowest BCUT2D eigenvalue weighted by molar-refractivity contribution is 0.955. The SMILES string of the molecule is CCCNc1cc(Nc2cc(Cl)ccc2C)nc(C)n1. The van der Waals surface area contributed by atoms with Crippen molar-refractivity contribution in [1.82, 2.24) is 9.97 Å². The fourth-order valence-corrected chi connectivity index (χ4v) is 2.01. The normalized spacial score (nSPS) is 10.4. The van der Waals surface area contributed by atoms with Crippen LogP contribution in [-0.4, -0.2) is 16.5 Å². The van der Waals surface area contributed by atoms with Gasteiger partial charge in [0.15, 0.2) is 0 Å². The van der Waals surface area contributed by atoms with Crippen LogP contribution in [0, 0.1) is 13.8 Å². The number of rotatable bonds is 5. The van der Waals surface area contributed by atoms with Crippen molar-refractivity contribution < 1.29 is 0 Å². The summed E-state index contributed by atoms with van der Waals surface area (Å²) < 4.78 is 0. The van der Waals surface area contributed by atoms with E-state index in [2.05, 4.69) is 27.5 Å². The van der Waals surface area contributed by atoms with Crippen LogP contribution in [0.3, 0.4) is 0 Å². The van der Waals surface area contributed by atoms with E-state index in [-0.39, 0.29) is 0 Å². The molecule has 106 valence electrons. The van der Waals surface area contributed by atoms with Gasteiger partial charge in [-0.05, 0) is 38.0 Å². The first-order valence-corrected chi connectivity index (χ1v) is 7.09. The highest BCUT2D eigenvalue weighted by Crippen LogP contribution is 2.24. The van der Waals surface area contributed by atoms with Gasteiger partial charge < -0.3 is 10.6 Å². The smallest absolute Gasteiger partial charge is 0.136 e. The molecule has 0 spiro atoms. The topological polar surface area (TPSA) is 49.8 Å². The van der Waals surface area contributed by atoms with Crippen LogP contribution in [0.1, 0.15) is 24.7 Å². The molecule has 2 N–H and O–H groups in total. The molecule has 0 fully saturated rings. The van der Waals surface area contributed by atoms with Crippen LogP contribution < -0.4 is 10.6 Å². The van der Waals surface area contributed by atoms with Crippen molar-refractivity contribution in [2.24, 2.45) is 0 Å². The maximum Gasteiger partial charge on any atom is 0.136 e. The van der Waals surface area contributed by atoms with E-state index in [1.165, 1.54) is 0 Å². The van der Waals surface area contributed by atoms with Crippen LogP contribution in [0.15, 0.2) is 24.3 Å². The van der Waals surface area contributed by atoms with E-state index >= 15 is 0 Å². The number of aromatic nitrogens is 2. The van der Waals surface area contributed by atoms with E-state index < -0.39 is 0 Å². The Morgan fingerprint density at radius 1 is 1.10 bits per heavy atom. The average Bonchev–Trinajstić information content (AvgIpc) is 2.40. The molecule has 0 saturated heterocycles. The van der Waals surface area contributed by atoms with Crippen molar-refractivity contribution in [3.05, 3.63) is 40.7 Å². The fourth-order valence-electron chi connectivity index (χ4n) is 1.84. The molecule has 1 aromatic heterocycles. The molecule has 0 amide bonds. The van der Waals surface area contributed by atoms with Crippen LogP contribution in [-0.2, 0) is 0 Å². The molecule has 0 atom stereocenters. The van der Waals surface area contributed by atoms with Gasteiger partial charge in [-0.2, -0.15) is 0 Å². The zero-order chi connectivity index (χ0) is 14.5. The maximum atomic E-state index is 6.03. The molecule has 0 bridgehead atoms. The Kier molecular flexibility index (Phi) is 4.79. The third kappa shape index (κ3) is 3.84. The Balaban J connectivity index is 2.24. The molecule has 0 unspecified atom stereocenters. The zero-order valence-corrected chi connectivity index (χ0v) is 12.8. The lowest BCUT2D eigenvalue weighted by atomic mass is 10.2. The Morgan fingerprint density at radius 3 is 2.60 bits per heavy atom. The van der Waals surface area contributed by atoms with E-state index in [0.29, 0.717) is 5.02 Å². The summed E-state index contributed by atoms with van der Waals surface area (Å²) in [7, 11) is 0. The molecule has 0 aliphatic rings. The first-order valence-electron chi connectivity index (χ1n) is 6.71. The monoisotopic (exact) mass is 290 g/mol. The zero-order valence-electron chi connectivity index (χ0n) is 12.0. The number of anilines is 3. The Hall–Kier alpha value is -1.81. The van der Waals surface area contributed by atoms with Crippen molar-refractivity contribution in [2.75, 3.05) is 17.2 Å². The van der Waals surface area contributed by atoms with E-state index in [4.69, 9.17) is 11.6 Å². The number of nitrogens with one attached hydrogen (secondary N) is 2. The predicted molar refractivity (Wildman–Crippen MR) is 85.0 cm³/mol. The van der Waals surface area contributed by atoms with Crippen LogP contribution in [0.25, 0.3) is 0 Å². The molecule has 2 aromatic rings. The third-order valence-electron chi connectivity index (χ3n) is 2.86. The molecule has 4 nitrogen and oxygen atoms in total. The van der Waals surface area contributed by atoms with E-state index in [0.717, 1.165) is 41.7 Å². The van der Waals surface area contributed by atoms with Crippen molar-refractivity contribution >= 4 is 28.9 Å². The minimum atomic E-state index is 0.702. The predicted octanol–water partition coefficient (Wildman–Crippen LogP) is 4.31. The van der Waals surface area contributed by atoms with E-state index in [1.807, 2.05) is 38.1 Å². The van der Waals surface area contributed by atoms with Gasteiger partial charge in [-0.1, -0.05) is 24.6 Å². The summed E-state index contributed by atoms with van der Waals surface area (Å²) in [5.74, 6) is 2.33. The molecule has 20 heavy (non-hydrogen) atoms. The lowest BCUT2D eigenvalue weighted by Crippen LogP contribution is -2.05. The van der Waals surface area contributed by atoms with Gasteiger partial charge in [-0.3, -0.25) is 0 Å². The quantitative estimate of drug-likeness (QED) is 0.861. The highest BCUT2D eigenvalue weighted by molar-refractivity contribution is 6.30. The summed E-state index contributed by atoms with van der Waals surface area (Å²) in [6, 6.07) is 7.66. The fraction of sp³-hybridized carbons (Fsp3) is 0.333. The first kappa shape index (κ1) is 14.6. The Bertz CT molecular complexity index is 598. The molecule has 0 saturated carbocycles. The number of aryl methyl sites for hydroxylation is 2. The number of nitrogens with zero attached hydrogens (tertiary/aromatic N) is 2. The largest absolute Gasteiger partial charge is 0.370 e. The van der Waals surface area contributed by atoms with Crippen molar-refractivity contribution in [3.8, 4) is 0 Å². The first-order chi connectivity index (χ1) is 9.58. The Morgan fingerprint density at radius 2 is 1.85 bits per heavy atom. The van der Waals surface area contributed by atoms with Crippen LogP contribution >= 0.6 is 11.6 Å². The molecule has 1 heterocycles. The molecular weight excluding hydrogens is 272 g/mol. The van der Waals surface area contributed by atoms with Gasteiger partial charge in [0.25, 0.3) is 0 Å². The summed E-state index contributed by atoms with van der Waals surface area (Å²) in [5, 5.41) is 7.27. The van der Waals surface area contributed by atoms with Gasteiger partial charge in [0.2, 0.25) is 0 Å². The highest BCUT2D eigenvalue weighted by Gasteiger charge is 2.04. The minimum absolute atomic E-state index is 0.702. The molecular formula is C15H19ClN4. The lowest BCUT2D eigenvalue weighted by Gasteiger charge is -2.11. The van der Waals surface area contributed by atoms with Crippen LogP contribution in [0.5, 0.6) is 0 Å². The third-order valence-corrected chi connectivity index (χ3v) is 3.09. The number of hydrogen-bond acceptors (Lipinski definition) is 4. The van der Waals surface area contributed by atoms with Crippen LogP contribution in [0.4, 0.5) is 17.3 Å². The van der Waals surface area contributed by atoms with Crippen molar-refractivity contribution in [1.29, 1.82) is 0 Å². The highest BCUT2D eigenvalue weighted by atomic mass is 35.5. The molecule has 0 aliphatic heterocycles. The molecule has 0 aliphatic carbocycles. The van der Waals surface area contributed by atoms with Crippen molar-refractivity contribution in [2.45, 2.75) is 27.2 Å². The summed E-state index contributed by atoms with van der Waals surface area (Å²) in [5.41, 5.74) is 2.07. The molecule has 5 heteroatoms. The summed E-state index contributed by atoms with van der Waals surface area (Å²) >= 11 is 6.03. The average molecular weight is 291 g/mol. The maximum absolute atomic E-state index is 6.03. The van der Waals surface area contributed by atoms with E-state index in [9.17, 15) is 0 Å². The van der Waals surface area contributed by atoms with Gasteiger partial charge in [0.1, 0.15) is 17.5 Å². The second-order valence-electron chi connectivity index (χ2n) is 4.70. The summed E-state index contributed by atoms with van der Waals surface area (Å²) in [4.78, 5) is 8.77. The number of hydrogen-bond donors (Lipinski definition) is 2. The standard InChI is InChI=1S/C15H19ClN4/c1-4-7-17-14-9-15(19-11(3)18-14)20-13-8-12(16)6-5-10(13)2/h5-6,8-9H,4,7H2,1-3H3,(H2,17,18,19,20). The van der Waals surface area contributed by atoms with E-state index in [1.54, 1.807) is 0 Å². The molecule has 0 radical (unpaired) electrons. The van der Waals surface area contributed by atoms with Gasteiger partial charge in [-0.25, -0.2) is 9.97 Å². The number of halogens is 1. The van der Waals surface area contributed by atoms with Gasteiger partial charge in [0.05, 0.1) is 0 Å². The number of benzene rings is 1. The molecule has 2 rings (SSSR count). The van der Waals surface area contributed by atoms with Gasteiger partial charge in [-0.15, -0.1) is 0 Å². The van der Waals surface area contributed by atoms with Gasteiger partial charge >= 0.3 is 0 Å². The molecule has 1 aromatic carbocycles. The van der Waals surface area contributed by atoms with Crippen LogP contribution in [0.2, 0.25) is 5.02 Å². The summed E-state index contributed by atoms with van der Waals surface area (Å²) in [6.45, 7) is 6.93. The van der Waals surface area contributed by atoms with Gasteiger partial charge in [0, 0.05) is 23.3 Å². The Labute approximate surface area is 124 Å². The summed E-state index contributed by atoms with van der Waals surface area (Å²) in [6.07, 6.45) is 1.05.